The molecule has 0 spiro atoms. The minimum absolute atomic E-state index is 0.0263. The maximum absolute atomic E-state index is 13.0. The van der Waals surface area contributed by atoms with Gasteiger partial charge in [0.25, 0.3) is 6.33 Å². The van der Waals surface area contributed by atoms with Crippen LogP contribution < -0.4 is 18.8 Å². The largest absolute Gasteiger partial charge is 0.496 e. The molecule has 1 aromatic heterocycles. The Morgan fingerprint density at radius 3 is 2.06 bits per heavy atom. The summed E-state index contributed by atoms with van der Waals surface area (Å²) in [7, 11) is 1.67. The Kier molecular flexibility index (Phi) is 10.4. The van der Waals surface area contributed by atoms with Gasteiger partial charge in [-0.15, -0.1) is 0 Å². The van der Waals surface area contributed by atoms with Gasteiger partial charge in [-0.2, -0.15) is 0 Å². The third kappa shape index (κ3) is 8.09. The van der Waals surface area contributed by atoms with Crippen LogP contribution in [0.5, 0.6) is 17.2 Å². The lowest BCUT2D eigenvalue weighted by molar-refractivity contribution is -0.571. The Balaban J connectivity index is 0.984. The fraction of sp³-hybridized carbons (Fsp3) is 0.282. The highest BCUT2D eigenvalue weighted by Crippen LogP contribution is 2.34. The van der Waals surface area contributed by atoms with Crippen LogP contribution in [-0.4, -0.2) is 72.1 Å². The zero-order valence-corrected chi connectivity index (χ0v) is 27.2. The van der Waals surface area contributed by atoms with Crippen molar-refractivity contribution in [1.82, 2.24) is 14.8 Å². The fourth-order valence-electron chi connectivity index (χ4n) is 6.13. The van der Waals surface area contributed by atoms with Crippen LogP contribution >= 0.6 is 0 Å². The second-order valence-corrected chi connectivity index (χ2v) is 12.0. The fourth-order valence-corrected chi connectivity index (χ4v) is 6.13. The van der Waals surface area contributed by atoms with E-state index in [0.29, 0.717) is 26.2 Å². The lowest BCUT2D eigenvalue weighted by Crippen LogP contribution is -2.41. The van der Waals surface area contributed by atoms with Crippen molar-refractivity contribution in [3.05, 3.63) is 110 Å². The van der Waals surface area contributed by atoms with Crippen molar-refractivity contribution in [2.45, 2.75) is 37.9 Å². The first kappa shape index (κ1) is 32.5. The summed E-state index contributed by atoms with van der Waals surface area (Å²) in [6, 6.07) is 24.0. The third-order valence-corrected chi connectivity index (χ3v) is 8.82. The molecule has 2 aliphatic heterocycles. The zero-order valence-electron chi connectivity index (χ0n) is 27.2. The average Bonchev–Trinajstić information content (AvgIpc) is 3.15. The SMILES string of the molecule is C=CC(=O)N1CCC(Oc2ccc(-c3cnc[n+](/C=C/C(=O)N4CCC(Oc5ccc(-c6ccccc6)c(OC)c5)CC4)c3)cc2)CC1. The Morgan fingerprint density at radius 2 is 1.42 bits per heavy atom. The molecular formula is C39H41N4O5+. The number of aromatic nitrogens is 2. The highest BCUT2D eigenvalue weighted by atomic mass is 16.5. The van der Waals surface area contributed by atoms with Gasteiger partial charge in [0.05, 0.1) is 12.7 Å². The molecule has 0 saturated carbocycles. The van der Waals surface area contributed by atoms with Gasteiger partial charge in [-0.05, 0) is 41.5 Å². The standard InChI is InChI=1S/C39H41N4O5/c1-3-38(44)42-21-15-33(16-22-42)47-32-11-9-29(10-12-32)31-26-40-28-41(27-31)20-19-39(45)43-23-17-34(18-24-43)48-35-13-14-36(37(25-35)46-2)30-7-5-4-6-8-30/h3-14,19-20,25-28,33-34H,1,15-18,21-24H2,2H3/q+1/b20-19+. The molecule has 0 atom stereocenters. The molecule has 0 aliphatic carbocycles. The van der Waals surface area contributed by atoms with Gasteiger partial charge in [0.15, 0.2) is 6.20 Å². The summed E-state index contributed by atoms with van der Waals surface area (Å²) in [4.78, 5) is 32.9. The van der Waals surface area contributed by atoms with Gasteiger partial charge in [0.2, 0.25) is 11.8 Å². The third-order valence-electron chi connectivity index (χ3n) is 8.82. The van der Waals surface area contributed by atoms with E-state index in [4.69, 9.17) is 14.2 Å². The van der Waals surface area contributed by atoms with Gasteiger partial charge in [-0.25, -0.2) is 4.57 Å². The zero-order chi connectivity index (χ0) is 33.3. The lowest BCUT2D eigenvalue weighted by atomic mass is 10.0. The van der Waals surface area contributed by atoms with Crippen molar-refractivity contribution in [2.24, 2.45) is 0 Å². The number of hydrogen-bond donors (Lipinski definition) is 0. The van der Waals surface area contributed by atoms with Crippen LogP contribution in [0.4, 0.5) is 0 Å². The molecule has 3 heterocycles. The van der Waals surface area contributed by atoms with Gasteiger partial charge < -0.3 is 24.0 Å². The number of nitrogens with zero attached hydrogens (tertiary/aromatic N) is 4. The first-order valence-corrected chi connectivity index (χ1v) is 16.4. The number of amides is 2. The van der Waals surface area contributed by atoms with Gasteiger partial charge in [0.1, 0.15) is 41.9 Å². The molecule has 4 aromatic rings. The molecule has 0 N–H and O–H groups in total. The summed E-state index contributed by atoms with van der Waals surface area (Å²) >= 11 is 0. The van der Waals surface area contributed by atoms with Crippen LogP contribution in [-0.2, 0) is 9.59 Å². The molecule has 0 bridgehead atoms. The van der Waals surface area contributed by atoms with Gasteiger partial charge in [-0.1, -0.05) is 54.0 Å². The number of methoxy groups -OCH3 is 1. The molecule has 9 heteroatoms. The topological polar surface area (TPSA) is 85.1 Å². The van der Waals surface area contributed by atoms with Crippen molar-refractivity contribution in [3.63, 3.8) is 0 Å². The van der Waals surface area contributed by atoms with E-state index in [1.165, 1.54) is 6.08 Å². The van der Waals surface area contributed by atoms with Gasteiger partial charge >= 0.3 is 0 Å². The number of ether oxygens (including phenoxy) is 3. The van der Waals surface area contributed by atoms with E-state index in [1.807, 2.05) is 71.8 Å². The minimum Gasteiger partial charge on any atom is -0.496 e. The number of likely N-dealkylation sites (tertiary alicyclic amines) is 2. The number of carbonyl (C=O) groups is 2. The number of piperidine rings is 2. The van der Waals surface area contributed by atoms with Crippen molar-refractivity contribution >= 4 is 18.0 Å². The van der Waals surface area contributed by atoms with Crippen molar-refractivity contribution in [3.8, 4) is 39.5 Å². The molecule has 2 saturated heterocycles. The predicted molar refractivity (Wildman–Crippen MR) is 184 cm³/mol. The molecule has 48 heavy (non-hydrogen) atoms. The average molecular weight is 646 g/mol. The number of benzene rings is 3. The van der Waals surface area contributed by atoms with Gasteiger partial charge in [-0.3, -0.25) is 9.59 Å². The predicted octanol–water partition coefficient (Wildman–Crippen LogP) is 5.81. The Morgan fingerprint density at radius 1 is 0.792 bits per heavy atom. The van der Waals surface area contributed by atoms with Crippen molar-refractivity contribution in [1.29, 1.82) is 0 Å². The molecule has 9 nitrogen and oxygen atoms in total. The number of carbonyl (C=O) groups excluding carboxylic acids is 2. The first-order chi connectivity index (χ1) is 23.5. The Labute approximate surface area is 281 Å². The molecule has 3 aromatic carbocycles. The Hall–Kier alpha value is -5.44. The molecular weight excluding hydrogens is 604 g/mol. The van der Waals surface area contributed by atoms with Crippen LogP contribution in [0.25, 0.3) is 28.5 Å². The normalized spacial score (nSPS) is 15.7. The molecule has 246 valence electrons. The monoisotopic (exact) mass is 645 g/mol. The molecule has 2 aliphatic rings. The highest BCUT2D eigenvalue weighted by Gasteiger charge is 2.24. The highest BCUT2D eigenvalue weighted by molar-refractivity contribution is 5.89. The minimum atomic E-state index is -0.0403. The van der Waals surface area contributed by atoms with Gasteiger partial charge in [0, 0.05) is 69.6 Å². The van der Waals surface area contributed by atoms with E-state index in [-0.39, 0.29) is 24.0 Å². The van der Waals surface area contributed by atoms with Crippen LogP contribution in [0.15, 0.2) is 110 Å². The van der Waals surface area contributed by atoms with Crippen LogP contribution in [0.2, 0.25) is 0 Å². The summed E-state index contributed by atoms with van der Waals surface area (Å²) in [6.07, 6.45) is 13.3. The van der Waals surface area contributed by atoms with E-state index < -0.39 is 0 Å². The summed E-state index contributed by atoms with van der Waals surface area (Å²) in [5.74, 6) is 2.26. The van der Waals surface area contributed by atoms with E-state index in [1.54, 1.807) is 41.4 Å². The maximum atomic E-state index is 13.0. The summed E-state index contributed by atoms with van der Waals surface area (Å²) in [5, 5.41) is 0. The number of hydrogen-bond acceptors (Lipinski definition) is 6. The first-order valence-electron chi connectivity index (χ1n) is 16.4. The van der Waals surface area contributed by atoms with Crippen LogP contribution in [0.3, 0.4) is 0 Å². The van der Waals surface area contributed by atoms with E-state index in [2.05, 4.69) is 23.7 Å². The number of rotatable bonds is 10. The molecule has 0 unspecified atom stereocenters. The summed E-state index contributed by atoms with van der Waals surface area (Å²) < 4.78 is 19.9. The van der Waals surface area contributed by atoms with E-state index >= 15 is 0 Å². The molecule has 2 fully saturated rings. The molecule has 0 radical (unpaired) electrons. The van der Waals surface area contributed by atoms with Crippen molar-refractivity contribution < 1.29 is 28.4 Å². The van der Waals surface area contributed by atoms with Crippen LogP contribution in [0, 0.1) is 0 Å². The second-order valence-electron chi connectivity index (χ2n) is 12.0. The Bertz CT molecular complexity index is 1740. The smallest absolute Gasteiger partial charge is 0.290 e. The lowest BCUT2D eigenvalue weighted by Gasteiger charge is -2.31. The summed E-state index contributed by atoms with van der Waals surface area (Å²) in [5.41, 5.74) is 4.02. The van der Waals surface area contributed by atoms with Crippen molar-refractivity contribution in [2.75, 3.05) is 33.3 Å². The maximum Gasteiger partial charge on any atom is 0.290 e. The van der Waals surface area contributed by atoms with E-state index in [0.717, 1.165) is 65.2 Å². The van der Waals surface area contributed by atoms with Crippen LogP contribution in [0.1, 0.15) is 25.7 Å². The van der Waals surface area contributed by atoms with E-state index in [9.17, 15) is 9.59 Å². The quantitative estimate of drug-likeness (QED) is 0.160. The second kappa shape index (κ2) is 15.4. The summed E-state index contributed by atoms with van der Waals surface area (Å²) in [6.45, 7) is 6.16. The molecule has 6 rings (SSSR count). The molecule has 2 amide bonds.